The number of nitrogens with one attached hydrogen (secondary N) is 1. The van der Waals surface area contributed by atoms with Gasteiger partial charge in [-0.2, -0.15) is 0 Å². The maximum Gasteiger partial charge on any atom is 0.0946 e. The minimum absolute atomic E-state index is 0.729. The zero-order chi connectivity index (χ0) is 11.9. The van der Waals surface area contributed by atoms with Crippen LogP contribution in [-0.2, 0) is 6.54 Å². The van der Waals surface area contributed by atoms with Crippen molar-refractivity contribution in [2.75, 3.05) is 26.2 Å². The number of rotatable bonds is 6. The second-order valence-electron chi connectivity index (χ2n) is 4.79. The fourth-order valence-corrected chi connectivity index (χ4v) is 2.56. The van der Waals surface area contributed by atoms with Crippen molar-refractivity contribution in [3.8, 4) is 0 Å². The van der Waals surface area contributed by atoms with E-state index in [1.807, 2.05) is 18.7 Å². The molecule has 1 aliphatic heterocycles. The van der Waals surface area contributed by atoms with Gasteiger partial charge in [-0.1, -0.05) is 13.3 Å². The van der Waals surface area contributed by atoms with Gasteiger partial charge in [0.15, 0.2) is 0 Å². The van der Waals surface area contributed by atoms with Crippen molar-refractivity contribution in [1.82, 2.24) is 19.8 Å². The third-order valence-corrected chi connectivity index (χ3v) is 3.58. The largest absolute Gasteiger partial charge is 0.336 e. The number of hydrogen-bond acceptors (Lipinski definition) is 3. The Bertz CT molecular complexity index is 296. The summed E-state index contributed by atoms with van der Waals surface area (Å²) in [5, 5.41) is 3.48. The molecule has 1 aromatic rings. The van der Waals surface area contributed by atoms with Gasteiger partial charge >= 0.3 is 0 Å². The summed E-state index contributed by atoms with van der Waals surface area (Å²) in [6.07, 6.45) is 9.89. The molecule has 2 rings (SSSR count). The molecule has 1 fully saturated rings. The van der Waals surface area contributed by atoms with Crippen LogP contribution in [0, 0.1) is 0 Å². The molecule has 0 spiro atoms. The Morgan fingerprint density at radius 2 is 2.29 bits per heavy atom. The minimum atomic E-state index is 0.729. The topological polar surface area (TPSA) is 33.1 Å². The molecule has 1 N–H and O–H groups in total. The quantitative estimate of drug-likeness (QED) is 0.809. The van der Waals surface area contributed by atoms with E-state index in [9.17, 15) is 0 Å². The predicted molar refractivity (Wildman–Crippen MR) is 70.0 cm³/mol. The van der Waals surface area contributed by atoms with E-state index in [0.717, 1.165) is 32.2 Å². The molecular formula is C13H24N4. The van der Waals surface area contributed by atoms with E-state index in [1.165, 1.54) is 25.8 Å². The summed E-state index contributed by atoms with van der Waals surface area (Å²) >= 11 is 0. The second kappa shape index (κ2) is 6.77. The standard InChI is InChI=1S/C13H24N4/c1-2-14-11-13-5-3-4-7-17(13)10-9-16-8-6-15-12-16/h6,8,12-14H,2-5,7,9-11H2,1H3. The van der Waals surface area contributed by atoms with Crippen molar-refractivity contribution in [3.05, 3.63) is 18.7 Å². The molecule has 2 heterocycles. The van der Waals surface area contributed by atoms with E-state index in [2.05, 4.69) is 26.7 Å². The molecule has 1 atom stereocenters. The second-order valence-corrected chi connectivity index (χ2v) is 4.79. The van der Waals surface area contributed by atoms with Crippen molar-refractivity contribution in [2.45, 2.75) is 38.8 Å². The number of piperidine rings is 1. The highest BCUT2D eigenvalue weighted by molar-refractivity contribution is 4.80. The Morgan fingerprint density at radius 1 is 1.35 bits per heavy atom. The molecule has 0 saturated carbocycles. The Balaban J connectivity index is 1.79. The van der Waals surface area contributed by atoms with Gasteiger partial charge in [-0.15, -0.1) is 0 Å². The zero-order valence-electron chi connectivity index (χ0n) is 10.8. The molecule has 1 saturated heterocycles. The summed E-state index contributed by atoms with van der Waals surface area (Å²) in [5.74, 6) is 0. The molecule has 0 aromatic carbocycles. The number of imidazole rings is 1. The van der Waals surface area contributed by atoms with Gasteiger partial charge in [-0.3, -0.25) is 4.90 Å². The van der Waals surface area contributed by atoms with Gasteiger partial charge in [0.1, 0.15) is 0 Å². The van der Waals surface area contributed by atoms with Gasteiger partial charge in [0.05, 0.1) is 6.33 Å². The van der Waals surface area contributed by atoms with Crippen molar-refractivity contribution in [2.24, 2.45) is 0 Å². The number of nitrogens with zero attached hydrogens (tertiary/aromatic N) is 3. The maximum absolute atomic E-state index is 4.09. The highest BCUT2D eigenvalue weighted by Gasteiger charge is 2.21. The van der Waals surface area contributed by atoms with E-state index in [4.69, 9.17) is 0 Å². The number of hydrogen-bond donors (Lipinski definition) is 1. The van der Waals surface area contributed by atoms with Crippen LogP contribution in [0.25, 0.3) is 0 Å². The first kappa shape index (κ1) is 12.6. The first-order chi connectivity index (χ1) is 8.40. The molecule has 4 nitrogen and oxygen atoms in total. The number of aromatic nitrogens is 2. The Labute approximate surface area is 104 Å². The number of likely N-dealkylation sites (N-methyl/N-ethyl adjacent to an activating group) is 1. The fourth-order valence-electron chi connectivity index (χ4n) is 2.56. The van der Waals surface area contributed by atoms with Crippen molar-refractivity contribution in [3.63, 3.8) is 0 Å². The van der Waals surface area contributed by atoms with Crippen LogP contribution in [0.1, 0.15) is 26.2 Å². The van der Waals surface area contributed by atoms with Crippen molar-refractivity contribution in [1.29, 1.82) is 0 Å². The summed E-state index contributed by atoms with van der Waals surface area (Å²) in [7, 11) is 0. The smallest absolute Gasteiger partial charge is 0.0946 e. The molecule has 1 aliphatic rings. The van der Waals surface area contributed by atoms with Crippen LogP contribution in [0.5, 0.6) is 0 Å². The Morgan fingerprint density at radius 3 is 3.06 bits per heavy atom. The highest BCUT2D eigenvalue weighted by Crippen LogP contribution is 2.16. The van der Waals surface area contributed by atoms with Crippen LogP contribution in [0.2, 0.25) is 0 Å². The third-order valence-electron chi connectivity index (χ3n) is 3.58. The summed E-state index contributed by atoms with van der Waals surface area (Å²) < 4.78 is 2.17. The van der Waals surface area contributed by atoms with E-state index >= 15 is 0 Å². The first-order valence-corrected chi connectivity index (χ1v) is 6.80. The lowest BCUT2D eigenvalue weighted by Gasteiger charge is -2.35. The molecule has 1 unspecified atom stereocenters. The lowest BCUT2D eigenvalue weighted by atomic mass is 10.0. The summed E-state index contributed by atoms with van der Waals surface area (Å²) in [6.45, 7) is 7.85. The molecular weight excluding hydrogens is 212 g/mol. The SMILES string of the molecule is CCNCC1CCCCN1CCn1ccnc1. The molecule has 1 aromatic heterocycles. The summed E-state index contributed by atoms with van der Waals surface area (Å²) in [5.41, 5.74) is 0. The van der Waals surface area contributed by atoms with Gasteiger partial charge in [0.25, 0.3) is 0 Å². The lowest BCUT2D eigenvalue weighted by Crippen LogP contribution is -2.46. The van der Waals surface area contributed by atoms with Gasteiger partial charge < -0.3 is 9.88 Å². The Hall–Kier alpha value is -0.870. The molecule has 17 heavy (non-hydrogen) atoms. The molecule has 0 aliphatic carbocycles. The first-order valence-electron chi connectivity index (χ1n) is 6.80. The average Bonchev–Trinajstić information content (AvgIpc) is 2.88. The van der Waals surface area contributed by atoms with Crippen LogP contribution >= 0.6 is 0 Å². The van der Waals surface area contributed by atoms with E-state index < -0.39 is 0 Å². The predicted octanol–water partition coefficient (Wildman–Crippen LogP) is 1.35. The monoisotopic (exact) mass is 236 g/mol. The van der Waals surface area contributed by atoms with E-state index in [0.29, 0.717) is 0 Å². The highest BCUT2D eigenvalue weighted by atomic mass is 15.2. The van der Waals surface area contributed by atoms with Gasteiger partial charge in [0, 0.05) is 38.1 Å². The zero-order valence-corrected chi connectivity index (χ0v) is 10.8. The summed E-state index contributed by atoms with van der Waals surface area (Å²) in [4.78, 5) is 6.72. The molecule has 0 amide bonds. The number of likely N-dealkylation sites (tertiary alicyclic amines) is 1. The van der Waals surface area contributed by atoms with Gasteiger partial charge in [-0.25, -0.2) is 4.98 Å². The van der Waals surface area contributed by atoms with Crippen LogP contribution < -0.4 is 5.32 Å². The van der Waals surface area contributed by atoms with Crippen LogP contribution in [0.3, 0.4) is 0 Å². The third kappa shape index (κ3) is 3.82. The minimum Gasteiger partial charge on any atom is -0.336 e. The van der Waals surface area contributed by atoms with Crippen LogP contribution in [0.4, 0.5) is 0 Å². The molecule has 4 heteroatoms. The molecule has 96 valence electrons. The van der Waals surface area contributed by atoms with Gasteiger partial charge in [-0.05, 0) is 25.9 Å². The van der Waals surface area contributed by atoms with Crippen LogP contribution in [0.15, 0.2) is 18.7 Å². The summed E-state index contributed by atoms with van der Waals surface area (Å²) in [6, 6.07) is 0.729. The van der Waals surface area contributed by atoms with E-state index in [1.54, 1.807) is 0 Å². The van der Waals surface area contributed by atoms with E-state index in [-0.39, 0.29) is 0 Å². The molecule has 0 radical (unpaired) electrons. The van der Waals surface area contributed by atoms with Gasteiger partial charge in [0.2, 0.25) is 0 Å². The lowest BCUT2D eigenvalue weighted by molar-refractivity contribution is 0.141. The normalized spacial score (nSPS) is 21.8. The maximum atomic E-state index is 4.09. The van der Waals surface area contributed by atoms with Crippen molar-refractivity contribution < 1.29 is 0 Å². The van der Waals surface area contributed by atoms with Crippen molar-refractivity contribution >= 4 is 0 Å². The Kier molecular flexibility index (Phi) is 5.01. The van der Waals surface area contributed by atoms with Crippen LogP contribution in [-0.4, -0.2) is 46.7 Å². The molecule has 0 bridgehead atoms. The average molecular weight is 236 g/mol. The fraction of sp³-hybridized carbons (Fsp3) is 0.769.